The minimum absolute atomic E-state index is 1.05. The fourth-order valence-corrected chi connectivity index (χ4v) is 2.40. The predicted octanol–water partition coefficient (Wildman–Crippen LogP) is 4.36. The highest BCUT2D eigenvalue weighted by Gasteiger charge is 2.08. The zero-order chi connectivity index (χ0) is 10.5. The standard InChI is InChI=1S/C14H17Br/c15-10-4-3-5-12-8-9-13-6-1-2-7-14(13)11-12/h3,5,8-9,11H,1-2,4,6-7,10H2/b5-3+. The van der Waals surface area contributed by atoms with Crippen molar-refractivity contribution in [1.29, 1.82) is 0 Å². The van der Waals surface area contributed by atoms with E-state index in [9.17, 15) is 0 Å². The van der Waals surface area contributed by atoms with Gasteiger partial charge in [-0.25, -0.2) is 0 Å². The number of halogens is 1. The molecule has 0 saturated heterocycles. The first kappa shape index (κ1) is 10.9. The SMILES string of the molecule is BrCC/C=C/c1ccc2c(c1)CCCC2. The van der Waals surface area contributed by atoms with E-state index in [1.54, 1.807) is 11.1 Å². The molecule has 0 unspecified atom stereocenters. The second-order valence-corrected chi connectivity index (χ2v) is 4.91. The summed E-state index contributed by atoms with van der Waals surface area (Å²) in [7, 11) is 0. The summed E-state index contributed by atoms with van der Waals surface area (Å²) in [6.07, 6.45) is 10.9. The highest BCUT2D eigenvalue weighted by atomic mass is 79.9. The number of aryl methyl sites for hydroxylation is 2. The smallest absolute Gasteiger partial charge is 0.00660 e. The van der Waals surface area contributed by atoms with Crippen LogP contribution < -0.4 is 0 Å². The average molecular weight is 265 g/mol. The van der Waals surface area contributed by atoms with Gasteiger partial charge in [0.25, 0.3) is 0 Å². The molecule has 1 heteroatoms. The van der Waals surface area contributed by atoms with Crippen LogP contribution in [0.1, 0.15) is 36.0 Å². The molecule has 1 aromatic rings. The fraction of sp³-hybridized carbons (Fsp3) is 0.429. The molecule has 15 heavy (non-hydrogen) atoms. The summed E-state index contributed by atoms with van der Waals surface area (Å²) in [6, 6.07) is 6.91. The van der Waals surface area contributed by atoms with Crippen LogP contribution >= 0.6 is 15.9 Å². The molecule has 0 N–H and O–H groups in total. The van der Waals surface area contributed by atoms with Gasteiger partial charge < -0.3 is 0 Å². The van der Waals surface area contributed by atoms with Gasteiger partial charge in [0.1, 0.15) is 0 Å². The van der Waals surface area contributed by atoms with Crippen LogP contribution in [0.25, 0.3) is 6.08 Å². The number of alkyl halides is 1. The molecule has 80 valence electrons. The molecule has 0 fully saturated rings. The fourth-order valence-electron chi connectivity index (χ4n) is 2.14. The minimum Gasteiger partial charge on any atom is -0.0925 e. The number of fused-ring (bicyclic) bond motifs is 1. The molecule has 0 bridgehead atoms. The molecule has 0 aromatic heterocycles. The molecule has 0 nitrogen and oxygen atoms in total. The molecule has 0 saturated carbocycles. The Kier molecular flexibility index (Phi) is 4.01. The highest BCUT2D eigenvalue weighted by Crippen LogP contribution is 2.22. The van der Waals surface area contributed by atoms with Crippen molar-refractivity contribution < 1.29 is 0 Å². The normalized spacial score (nSPS) is 15.5. The third kappa shape index (κ3) is 2.94. The summed E-state index contributed by atoms with van der Waals surface area (Å²) in [4.78, 5) is 0. The molecule has 0 aliphatic heterocycles. The first-order chi connectivity index (χ1) is 7.40. The molecule has 2 rings (SSSR count). The maximum absolute atomic E-state index is 3.43. The van der Waals surface area contributed by atoms with E-state index in [2.05, 4.69) is 46.3 Å². The van der Waals surface area contributed by atoms with Crippen LogP contribution in [0.4, 0.5) is 0 Å². The summed E-state index contributed by atoms with van der Waals surface area (Å²) in [5.41, 5.74) is 4.50. The first-order valence-electron chi connectivity index (χ1n) is 5.74. The predicted molar refractivity (Wildman–Crippen MR) is 70.5 cm³/mol. The number of allylic oxidation sites excluding steroid dienone is 1. The second-order valence-electron chi connectivity index (χ2n) is 4.12. The van der Waals surface area contributed by atoms with Crippen LogP contribution in [0.5, 0.6) is 0 Å². The van der Waals surface area contributed by atoms with Crippen molar-refractivity contribution in [2.24, 2.45) is 0 Å². The third-order valence-corrected chi connectivity index (χ3v) is 3.42. The lowest BCUT2D eigenvalue weighted by atomic mass is 9.90. The van der Waals surface area contributed by atoms with Crippen LogP contribution in [-0.2, 0) is 12.8 Å². The van der Waals surface area contributed by atoms with Gasteiger partial charge in [0.05, 0.1) is 0 Å². The van der Waals surface area contributed by atoms with Crippen LogP contribution in [0.2, 0.25) is 0 Å². The molecule has 1 aliphatic carbocycles. The average Bonchev–Trinajstić information content (AvgIpc) is 2.29. The maximum atomic E-state index is 3.43. The van der Waals surface area contributed by atoms with Crippen LogP contribution in [0.3, 0.4) is 0 Å². The van der Waals surface area contributed by atoms with Gasteiger partial charge in [-0.15, -0.1) is 0 Å². The van der Waals surface area contributed by atoms with Crippen LogP contribution in [0, 0.1) is 0 Å². The van der Waals surface area contributed by atoms with E-state index in [4.69, 9.17) is 0 Å². The maximum Gasteiger partial charge on any atom is 0.00660 e. The van der Waals surface area contributed by atoms with Crippen molar-refractivity contribution in [2.75, 3.05) is 5.33 Å². The van der Waals surface area contributed by atoms with E-state index in [1.807, 2.05) is 0 Å². The summed E-state index contributed by atoms with van der Waals surface area (Å²) in [5.74, 6) is 0. The van der Waals surface area contributed by atoms with Gasteiger partial charge in [-0.2, -0.15) is 0 Å². The van der Waals surface area contributed by atoms with Crippen LogP contribution in [0.15, 0.2) is 24.3 Å². The number of hydrogen-bond donors (Lipinski definition) is 0. The Bertz CT molecular complexity index is 352. The number of rotatable bonds is 3. The third-order valence-electron chi connectivity index (χ3n) is 2.96. The molecule has 0 spiro atoms. The summed E-state index contributed by atoms with van der Waals surface area (Å²) in [6.45, 7) is 0. The molecule has 1 aromatic carbocycles. The van der Waals surface area contributed by atoms with E-state index in [1.165, 1.54) is 31.2 Å². The molecule has 0 radical (unpaired) electrons. The van der Waals surface area contributed by atoms with Crippen molar-refractivity contribution in [3.05, 3.63) is 41.0 Å². The van der Waals surface area contributed by atoms with Gasteiger partial charge in [-0.3, -0.25) is 0 Å². The Morgan fingerprint density at radius 1 is 1.13 bits per heavy atom. The van der Waals surface area contributed by atoms with E-state index < -0.39 is 0 Å². The quantitative estimate of drug-likeness (QED) is 0.712. The van der Waals surface area contributed by atoms with Crippen LogP contribution in [-0.4, -0.2) is 5.33 Å². The van der Waals surface area contributed by atoms with E-state index >= 15 is 0 Å². The number of benzene rings is 1. The highest BCUT2D eigenvalue weighted by molar-refractivity contribution is 9.09. The second kappa shape index (κ2) is 5.50. The summed E-state index contributed by atoms with van der Waals surface area (Å²) in [5, 5.41) is 1.05. The Hall–Kier alpha value is -0.560. The molecular weight excluding hydrogens is 248 g/mol. The molecule has 0 atom stereocenters. The topological polar surface area (TPSA) is 0 Å². The monoisotopic (exact) mass is 264 g/mol. The zero-order valence-corrected chi connectivity index (χ0v) is 10.6. The van der Waals surface area contributed by atoms with Gasteiger partial charge >= 0.3 is 0 Å². The zero-order valence-electron chi connectivity index (χ0n) is 9.01. The molecule has 1 aliphatic rings. The van der Waals surface area contributed by atoms with E-state index in [0.717, 1.165) is 11.8 Å². The van der Waals surface area contributed by atoms with Gasteiger partial charge in [-0.05, 0) is 48.8 Å². The van der Waals surface area contributed by atoms with Gasteiger partial charge in [0.2, 0.25) is 0 Å². The number of hydrogen-bond acceptors (Lipinski definition) is 0. The van der Waals surface area contributed by atoms with Gasteiger partial charge in [0.15, 0.2) is 0 Å². The largest absolute Gasteiger partial charge is 0.0925 e. The minimum atomic E-state index is 1.05. The van der Waals surface area contributed by atoms with Crippen molar-refractivity contribution in [3.8, 4) is 0 Å². The van der Waals surface area contributed by atoms with Crippen molar-refractivity contribution >= 4 is 22.0 Å². The first-order valence-corrected chi connectivity index (χ1v) is 6.86. The lowest BCUT2D eigenvalue weighted by Crippen LogP contribution is -2.02. The molecule has 0 amide bonds. The Morgan fingerprint density at radius 3 is 2.73 bits per heavy atom. The van der Waals surface area contributed by atoms with Gasteiger partial charge in [-0.1, -0.05) is 46.3 Å². The van der Waals surface area contributed by atoms with Crippen molar-refractivity contribution in [3.63, 3.8) is 0 Å². The molecular formula is C14H17Br. The van der Waals surface area contributed by atoms with Crippen molar-refractivity contribution in [1.82, 2.24) is 0 Å². The Balaban J connectivity index is 2.13. The summed E-state index contributed by atoms with van der Waals surface area (Å²) < 4.78 is 0. The van der Waals surface area contributed by atoms with E-state index in [0.29, 0.717) is 0 Å². The lowest BCUT2D eigenvalue weighted by molar-refractivity contribution is 0.685. The molecule has 0 heterocycles. The Morgan fingerprint density at radius 2 is 1.93 bits per heavy atom. The Labute approximate surface area is 101 Å². The van der Waals surface area contributed by atoms with Crippen molar-refractivity contribution in [2.45, 2.75) is 32.1 Å². The van der Waals surface area contributed by atoms with E-state index in [-0.39, 0.29) is 0 Å². The summed E-state index contributed by atoms with van der Waals surface area (Å²) >= 11 is 3.43. The van der Waals surface area contributed by atoms with Gasteiger partial charge in [0, 0.05) is 5.33 Å². The lowest BCUT2D eigenvalue weighted by Gasteiger charge is -2.15.